The summed E-state index contributed by atoms with van der Waals surface area (Å²) in [4.78, 5) is 1.38. The van der Waals surface area contributed by atoms with E-state index in [0.29, 0.717) is 12.0 Å². The Morgan fingerprint density at radius 3 is 2.53 bits per heavy atom. The van der Waals surface area contributed by atoms with Crippen molar-refractivity contribution in [1.82, 2.24) is 0 Å². The van der Waals surface area contributed by atoms with Crippen LogP contribution in [0, 0.1) is 12.8 Å². The van der Waals surface area contributed by atoms with Crippen LogP contribution in [0.1, 0.15) is 30.3 Å². The van der Waals surface area contributed by atoms with Crippen molar-refractivity contribution in [3.8, 4) is 5.75 Å². The van der Waals surface area contributed by atoms with E-state index < -0.39 is 0 Å². The molecule has 0 bridgehead atoms. The van der Waals surface area contributed by atoms with Gasteiger partial charge in [0, 0.05) is 10.6 Å². The number of rotatable bonds is 5. The van der Waals surface area contributed by atoms with Crippen molar-refractivity contribution in [2.45, 2.75) is 26.8 Å². The second-order valence-corrected chi connectivity index (χ2v) is 6.05. The van der Waals surface area contributed by atoms with Gasteiger partial charge in [0.2, 0.25) is 0 Å². The van der Waals surface area contributed by atoms with Crippen LogP contribution in [0.3, 0.4) is 0 Å². The zero-order chi connectivity index (χ0) is 13.8. The minimum absolute atomic E-state index is 0.354. The first-order chi connectivity index (χ1) is 9.11. The van der Waals surface area contributed by atoms with Crippen molar-refractivity contribution < 1.29 is 4.74 Å². The van der Waals surface area contributed by atoms with Crippen molar-refractivity contribution >= 4 is 17.0 Å². The monoisotopic (exact) mass is 275 g/mol. The van der Waals surface area contributed by atoms with E-state index in [1.807, 2.05) is 6.07 Å². The largest absolute Gasteiger partial charge is 0.496 e. The fourth-order valence-electron chi connectivity index (χ4n) is 2.18. The highest BCUT2D eigenvalue weighted by molar-refractivity contribution is 7.10. The Hall–Kier alpha value is -1.48. The molecule has 0 spiro atoms. The van der Waals surface area contributed by atoms with Gasteiger partial charge >= 0.3 is 0 Å². The third kappa shape index (κ3) is 3.29. The van der Waals surface area contributed by atoms with Gasteiger partial charge in [-0.2, -0.15) is 0 Å². The van der Waals surface area contributed by atoms with Crippen LogP contribution in [0.2, 0.25) is 0 Å². The molecule has 0 saturated heterocycles. The average molecular weight is 275 g/mol. The van der Waals surface area contributed by atoms with Gasteiger partial charge in [0.15, 0.2) is 0 Å². The number of hydrogen-bond donors (Lipinski definition) is 1. The number of anilines is 1. The van der Waals surface area contributed by atoms with Crippen molar-refractivity contribution in [3.05, 3.63) is 46.2 Å². The molecule has 3 heteroatoms. The molecule has 1 aromatic carbocycles. The second kappa shape index (κ2) is 6.11. The molecule has 1 atom stereocenters. The van der Waals surface area contributed by atoms with Gasteiger partial charge in [0.1, 0.15) is 5.75 Å². The van der Waals surface area contributed by atoms with Gasteiger partial charge in [-0.05, 0) is 48.1 Å². The van der Waals surface area contributed by atoms with Crippen LogP contribution in [-0.4, -0.2) is 7.11 Å². The maximum Gasteiger partial charge on any atom is 0.121 e. The number of nitrogens with one attached hydrogen (secondary N) is 1. The molecule has 2 aromatic rings. The molecule has 2 rings (SSSR count). The van der Waals surface area contributed by atoms with Crippen molar-refractivity contribution in [2.24, 2.45) is 5.92 Å². The van der Waals surface area contributed by atoms with Crippen LogP contribution in [0.25, 0.3) is 0 Å². The first-order valence-electron chi connectivity index (χ1n) is 6.56. The summed E-state index contributed by atoms with van der Waals surface area (Å²) in [5.74, 6) is 1.48. The van der Waals surface area contributed by atoms with Gasteiger partial charge in [0.25, 0.3) is 0 Å². The maximum atomic E-state index is 5.30. The maximum absolute atomic E-state index is 5.30. The van der Waals surface area contributed by atoms with Gasteiger partial charge in [-0.3, -0.25) is 0 Å². The zero-order valence-electron chi connectivity index (χ0n) is 11.9. The number of thiophene rings is 1. The Kier molecular flexibility index (Phi) is 4.48. The summed E-state index contributed by atoms with van der Waals surface area (Å²) in [6, 6.07) is 10.9. The minimum Gasteiger partial charge on any atom is -0.496 e. The molecule has 0 radical (unpaired) electrons. The van der Waals surface area contributed by atoms with Gasteiger partial charge in [-0.25, -0.2) is 0 Å². The smallest absolute Gasteiger partial charge is 0.121 e. The standard InChI is InChI=1S/C16H21NOS/c1-11(2)16(15-6-5-9-19-15)17-13-7-8-14(18-4)12(3)10-13/h5-11,16-17H,1-4H3. The molecule has 0 saturated carbocycles. The van der Waals surface area contributed by atoms with E-state index in [2.05, 4.69) is 55.7 Å². The van der Waals surface area contributed by atoms with E-state index in [4.69, 9.17) is 4.74 Å². The fraction of sp³-hybridized carbons (Fsp3) is 0.375. The highest BCUT2D eigenvalue weighted by atomic mass is 32.1. The van der Waals surface area contributed by atoms with Crippen LogP contribution in [0.4, 0.5) is 5.69 Å². The van der Waals surface area contributed by atoms with E-state index in [1.54, 1.807) is 18.4 Å². The van der Waals surface area contributed by atoms with Crippen LogP contribution in [0.15, 0.2) is 35.7 Å². The van der Waals surface area contributed by atoms with Crippen molar-refractivity contribution in [2.75, 3.05) is 12.4 Å². The summed E-state index contributed by atoms with van der Waals surface area (Å²) in [6.45, 7) is 6.56. The van der Waals surface area contributed by atoms with E-state index in [0.717, 1.165) is 17.0 Å². The van der Waals surface area contributed by atoms with E-state index in [9.17, 15) is 0 Å². The molecule has 1 N–H and O–H groups in total. The molecular weight excluding hydrogens is 254 g/mol. The molecule has 1 heterocycles. The number of hydrogen-bond acceptors (Lipinski definition) is 3. The summed E-state index contributed by atoms with van der Waals surface area (Å²) in [7, 11) is 1.71. The Balaban J connectivity index is 2.20. The van der Waals surface area contributed by atoms with Gasteiger partial charge in [-0.15, -0.1) is 11.3 Å². The molecule has 0 fully saturated rings. The van der Waals surface area contributed by atoms with Gasteiger partial charge in [-0.1, -0.05) is 19.9 Å². The predicted octanol–water partition coefficient (Wildman–Crippen LogP) is 4.87. The zero-order valence-corrected chi connectivity index (χ0v) is 12.8. The average Bonchev–Trinajstić information content (AvgIpc) is 2.89. The molecule has 0 aliphatic rings. The van der Waals surface area contributed by atoms with Crippen LogP contribution in [-0.2, 0) is 0 Å². The number of aryl methyl sites for hydroxylation is 1. The lowest BCUT2D eigenvalue weighted by atomic mass is 10.0. The molecule has 0 aliphatic carbocycles. The van der Waals surface area contributed by atoms with E-state index >= 15 is 0 Å². The lowest BCUT2D eigenvalue weighted by Crippen LogP contribution is -2.15. The second-order valence-electron chi connectivity index (χ2n) is 5.07. The number of ether oxygens (including phenoxy) is 1. The van der Waals surface area contributed by atoms with Gasteiger partial charge < -0.3 is 10.1 Å². The molecule has 19 heavy (non-hydrogen) atoms. The Labute approximate surface area is 119 Å². The summed E-state index contributed by atoms with van der Waals surface area (Å²) in [5.41, 5.74) is 2.30. The molecule has 0 amide bonds. The number of benzene rings is 1. The van der Waals surface area contributed by atoms with Crippen LogP contribution in [0.5, 0.6) is 5.75 Å². The predicted molar refractivity (Wildman–Crippen MR) is 83.3 cm³/mol. The van der Waals surface area contributed by atoms with Crippen LogP contribution < -0.4 is 10.1 Å². The summed E-state index contributed by atoms with van der Waals surface area (Å²) < 4.78 is 5.30. The molecule has 1 aromatic heterocycles. The lowest BCUT2D eigenvalue weighted by molar-refractivity contribution is 0.411. The van der Waals surface area contributed by atoms with Crippen LogP contribution >= 0.6 is 11.3 Å². The summed E-state index contributed by atoms with van der Waals surface area (Å²) >= 11 is 1.80. The first-order valence-corrected chi connectivity index (χ1v) is 7.44. The quantitative estimate of drug-likeness (QED) is 0.840. The van der Waals surface area contributed by atoms with Gasteiger partial charge in [0.05, 0.1) is 13.2 Å². The molecule has 2 nitrogen and oxygen atoms in total. The molecular formula is C16H21NOS. The third-order valence-corrected chi connectivity index (χ3v) is 4.19. The topological polar surface area (TPSA) is 21.3 Å². The normalized spacial score (nSPS) is 12.5. The minimum atomic E-state index is 0.354. The Bertz CT molecular complexity index is 520. The van der Waals surface area contributed by atoms with Crippen molar-refractivity contribution in [3.63, 3.8) is 0 Å². The summed E-state index contributed by atoms with van der Waals surface area (Å²) in [6.07, 6.45) is 0. The third-order valence-electron chi connectivity index (χ3n) is 3.23. The first kappa shape index (κ1) is 13.9. The highest BCUT2D eigenvalue weighted by Gasteiger charge is 2.16. The summed E-state index contributed by atoms with van der Waals surface area (Å²) in [5, 5.41) is 5.76. The fourth-order valence-corrected chi connectivity index (χ4v) is 3.13. The highest BCUT2D eigenvalue weighted by Crippen LogP contribution is 2.31. The molecule has 0 aliphatic heterocycles. The molecule has 102 valence electrons. The SMILES string of the molecule is COc1ccc(NC(c2cccs2)C(C)C)cc1C. The number of methoxy groups -OCH3 is 1. The Morgan fingerprint density at radius 2 is 2.00 bits per heavy atom. The van der Waals surface area contributed by atoms with E-state index in [1.165, 1.54) is 4.88 Å². The Morgan fingerprint density at radius 1 is 1.21 bits per heavy atom. The van der Waals surface area contributed by atoms with E-state index in [-0.39, 0.29) is 0 Å². The lowest BCUT2D eigenvalue weighted by Gasteiger charge is -2.23. The van der Waals surface area contributed by atoms with Crippen molar-refractivity contribution in [1.29, 1.82) is 0 Å². The molecule has 1 unspecified atom stereocenters.